The highest BCUT2D eigenvalue weighted by molar-refractivity contribution is 6.36. The Hall–Kier alpha value is -2.57. The number of aromatic nitrogens is 2. The maximum Gasteiger partial charge on any atom is 0.159 e. The number of anilines is 5. The lowest BCUT2D eigenvalue weighted by atomic mass is 10.3. The van der Waals surface area contributed by atoms with Gasteiger partial charge in [-0.25, -0.2) is 14.4 Å². The zero-order chi connectivity index (χ0) is 17.1. The summed E-state index contributed by atoms with van der Waals surface area (Å²) < 4.78 is 13.0. The van der Waals surface area contributed by atoms with E-state index in [1.807, 2.05) is 0 Å². The van der Waals surface area contributed by atoms with E-state index in [2.05, 4.69) is 20.6 Å². The topological polar surface area (TPSA) is 75.9 Å². The van der Waals surface area contributed by atoms with Crippen LogP contribution in [0.4, 0.5) is 33.1 Å². The van der Waals surface area contributed by atoms with Crippen LogP contribution in [-0.4, -0.2) is 9.97 Å². The molecular weight excluding hydrogens is 352 g/mol. The summed E-state index contributed by atoms with van der Waals surface area (Å²) in [6.07, 6.45) is 1.36. The van der Waals surface area contributed by atoms with Gasteiger partial charge in [-0.1, -0.05) is 23.2 Å². The molecule has 0 aliphatic heterocycles. The van der Waals surface area contributed by atoms with Crippen molar-refractivity contribution in [3.05, 3.63) is 64.7 Å². The number of halogens is 3. The molecule has 122 valence electrons. The zero-order valence-electron chi connectivity index (χ0n) is 12.2. The molecule has 0 amide bonds. The van der Waals surface area contributed by atoms with Crippen molar-refractivity contribution in [3.8, 4) is 0 Å². The van der Waals surface area contributed by atoms with Gasteiger partial charge in [-0.3, -0.25) is 0 Å². The van der Waals surface area contributed by atoms with Crippen LogP contribution in [0.15, 0.2) is 48.8 Å². The predicted molar refractivity (Wildman–Crippen MR) is 95.9 cm³/mol. The van der Waals surface area contributed by atoms with Crippen LogP contribution in [0, 0.1) is 5.82 Å². The molecule has 0 atom stereocenters. The number of hydrogen-bond donors (Lipinski definition) is 3. The maximum atomic E-state index is 13.0. The first-order chi connectivity index (χ1) is 11.5. The van der Waals surface area contributed by atoms with Gasteiger partial charge >= 0.3 is 0 Å². The largest absolute Gasteiger partial charge is 0.393 e. The third kappa shape index (κ3) is 3.67. The van der Waals surface area contributed by atoms with E-state index in [1.165, 1.54) is 18.5 Å². The highest BCUT2D eigenvalue weighted by Crippen LogP contribution is 2.32. The molecule has 0 aliphatic carbocycles. The number of nitrogens with one attached hydrogen (secondary N) is 2. The monoisotopic (exact) mass is 363 g/mol. The van der Waals surface area contributed by atoms with Crippen LogP contribution >= 0.6 is 23.2 Å². The maximum absolute atomic E-state index is 13.0. The quantitative estimate of drug-likeness (QED) is 0.608. The molecule has 1 aromatic heterocycles. The van der Waals surface area contributed by atoms with Gasteiger partial charge in [-0.2, -0.15) is 0 Å². The van der Waals surface area contributed by atoms with Crippen LogP contribution in [0.2, 0.25) is 10.0 Å². The van der Waals surface area contributed by atoms with Gasteiger partial charge in [-0.05, 0) is 42.5 Å². The number of benzene rings is 2. The van der Waals surface area contributed by atoms with Crippen LogP contribution in [0.25, 0.3) is 0 Å². The summed E-state index contributed by atoms with van der Waals surface area (Å²) in [5.41, 5.74) is 7.66. The Morgan fingerprint density at radius 2 is 1.58 bits per heavy atom. The predicted octanol–water partition coefficient (Wildman–Crippen LogP) is 4.99. The molecule has 0 unspecified atom stereocenters. The minimum atomic E-state index is -0.323. The standard InChI is InChI=1S/C16H12Cl2FN5/c17-9-1-6-13(12(18)7-9)24-16-14(20)15(21-8-22-16)23-11-4-2-10(19)3-5-11/h1-8H,20H2,(H2,21,22,23,24). The Labute approximate surface area is 147 Å². The number of rotatable bonds is 4. The number of nitrogen functional groups attached to an aromatic ring is 1. The van der Waals surface area contributed by atoms with E-state index in [4.69, 9.17) is 28.9 Å². The Bertz CT molecular complexity index is 871. The lowest BCUT2D eigenvalue weighted by molar-refractivity contribution is 0.628. The lowest BCUT2D eigenvalue weighted by Crippen LogP contribution is -2.05. The van der Waals surface area contributed by atoms with Crippen molar-refractivity contribution in [2.45, 2.75) is 0 Å². The SMILES string of the molecule is Nc1c(Nc2ccc(F)cc2)ncnc1Nc1ccc(Cl)cc1Cl. The summed E-state index contributed by atoms with van der Waals surface area (Å²) in [7, 11) is 0. The summed E-state index contributed by atoms with van der Waals surface area (Å²) in [6, 6.07) is 10.9. The first-order valence-electron chi connectivity index (χ1n) is 6.88. The molecule has 8 heteroatoms. The van der Waals surface area contributed by atoms with Crippen LogP contribution in [-0.2, 0) is 0 Å². The summed E-state index contributed by atoms with van der Waals surface area (Å²) in [4.78, 5) is 8.21. The third-order valence-electron chi connectivity index (χ3n) is 3.18. The van der Waals surface area contributed by atoms with Crippen molar-refractivity contribution in [3.63, 3.8) is 0 Å². The summed E-state index contributed by atoms with van der Waals surface area (Å²) in [5.74, 6) is 0.457. The van der Waals surface area contributed by atoms with Gasteiger partial charge in [-0.15, -0.1) is 0 Å². The van der Waals surface area contributed by atoms with Crippen molar-refractivity contribution >= 4 is 51.9 Å². The van der Waals surface area contributed by atoms with Gasteiger partial charge in [0.15, 0.2) is 11.6 Å². The van der Waals surface area contributed by atoms with Crippen LogP contribution < -0.4 is 16.4 Å². The van der Waals surface area contributed by atoms with Gasteiger partial charge in [0.1, 0.15) is 17.8 Å². The molecule has 3 aromatic rings. The van der Waals surface area contributed by atoms with E-state index < -0.39 is 0 Å². The highest BCUT2D eigenvalue weighted by Gasteiger charge is 2.10. The molecule has 0 fully saturated rings. The smallest absolute Gasteiger partial charge is 0.159 e. The van der Waals surface area contributed by atoms with Gasteiger partial charge in [0.2, 0.25) is 0 Å². The van der Waals surface area contributed by atoms with Crippen LogP contribution in [0.1, 0.15) is 0 Å². The minimum Gasteiger partial charge on any atom is -0.393 e. The zero-order valence-corrected chi connectivity index (χ0v) is 13.7. The van der Waals surface area contributed by atoms with E-state index in [1.54, 1.807) is 30.3 Å². The average Bonchev–Trinajstić information content (AvgIpc) is 2.55. The van der Waals surface area contributed by atoms with E-state index in [0.717, 1.165) is 0 Å². The molecule has 0 spiro atoms. The summed E-state index contributed by atoms with van der Waals surface area (Å²) in [6.45, 7) is 0. The molecule has 4 N–H and O–H groups in total. The van der Waals surface area contributed by atoms with Crippen molar-refractivity contribution in [2.24, 2.45) is 0 Å². The molecule has 2 aromatic carbocycles. The fraction of sp³-hybridized carbons (Fsp3) is 0. The molecule has 0 aliphatic rings. The average molecular weight is 364 g/mol. The second kappa shape index (κ2) is 6.90. The molecule has 0 radical (unpaired) electrons. The first-order valence-corrected chi connectivity index (χ1v) is 7.63. The molecule has 5 nitrogen and oxygen atoms in total. The summed E-state index contributed by atoms with van der Waals surface area (Å²) in [5, 5.41) is 7.01. The Morgan fingerprint density at radius 3 is 2.25 bits per heavy atom. The Morgan fingerprint density at radius 1 is 0.917 bits per heavy atom. The van der Waals surface area contributed by atoms with Crippen molar-refractivity contribution < 1.29 is 4.39 Å². The molecule has 0 saturated carbocycles. The Balaban J connectivity index is 1.86. The van der Waals surface area contributed by atoms with Crippen molar-refractivity contribution in [1.82, 2.24) is 9.97 Å². The number of hydrogen-bond acceptors (Lipinski definition) is 5. The normalized spacial score (nSPS) is 10.5. The second-order valence-electron chi connectivity index (χ2n) is 4.87. The van der Waals surface area contributed by atoms with Gasteiger partial charge < -0.3 is 16.4 Å². The van der Waals surface area contributed by atoms with E-state index in [9.17, 15) is 4.39 Å². The van der Waals surface area contributed by atoms with Crippen molar-refractivity contribution in [2.75, 3.05) is 16.4 Å². The lowest BCUT2D eigenvalue weighted by Gasteiger charge is -2.13. The van der Waals surface area contributed by atoms with Gasteiger partial charge in [0.05, 0.1) is 10.7 Å². The van der Waals surface area contributed by atoms with Crippen LogP contribution in [0.5, 0.6) is 0 Å². The fourth-order valence-corrected chi connectivity index (χ4v) is 2.44. The molecule has 0 bridgehead atoms. The number of nitrogens with zero attached hydrogens (tertiary/aromatic N) is 2. The third-order valence-corrected chi connectivity index (χ3v) is 3.72. The fourth-order valence-electron chi connectivity index (χ4n) is 1.98. The van der Waals surface area contributed by atoms with E-state index in [-0.39, 0.29) is 5.82 Å². The first kappa shape index (κ1) is 16.3. The molecule has 1 heterocycles. The molecule has 0 saturated heterocycles. The number of nitrogens with two attached hydrogens (primary N) is 1. The minimum absolute atomic E-state index is 0.299. The molecule has 3 rings (SSSR count). The van der Waals surface area contributed by atoms with E-state index >= 15 is 0 Å². The summed E-state index contributed by atoms with van der Waals surface area (Å²) >= 11 is 12.0. The van der Waals surface area contributed by atoms with E-state index in [0.29, 0.717) is 38.7 Å². The second-order valence-corrected chi connectivity index (χ2v) is 5.71. The molecule has 24 heavy (non-hydrogen) atoms. The molecular formula is C16H12Cl2FN5. The van der Waals surface area contributed by atoms with Gasteiger partial charge in [0, 0.05) is 10.7 Å². The van der Waals surface area contributed by atoms with Crippen LogP contribution in [0.3, 0.4) is 0 Å². The highest BCUT2D eigenvalue weighted by atomic mass is 35.5. The van der Waals surface area contributed by atoms with Crippen molar-refractivity contribution in [1.29, 1.82) is 0 Å². The Kier molecular flexibility index (Phi) is 4.69. The van der Waals surface area contributed by atoms with Gasteiger partial charge in [0.25, 0.3) is 0 Å².